The number of carbonyl (C=O) groups excluding carboxylic acids is 1. The van der Waals surface area contributed by atoms with Gasteiger partial charge in [0.25, 0.3) is 0 Å². The van der Waals surface area contributed by atoms with Gasteiger partial charge in [0.05, 0.1) is 5.92 Å². The minimum atomic E-state index is -0.954. The number of hydrogen-bond donors (Lipinski definition) is 3. The lowest BCUT2D eigenvalue weighted by atomic mass is 10.0. The lowest BCUT2D eigenvalue weighted by Gasteiger charge is -2.27. The maximum atomic E-state index is 11.5. The molecule has 0 aliphatic carbocycles. The molecule has 1 heterocycles. The first kappa shape index (κ1) is 12.3. The van der Waals surface area contributed by atoms with Crippen molar-refractivity contribution in [1.29, 1.82) is 0 Å². The van der Waals surface area contributed by atoms with Crippen LogP contribution in [0.3, 0.4) is 0 Å². The number of carboxylic acids is 1. The standard InChI is InChI=1S/C9H16N2O3S/c1-15-3-2-7(9(13)14)11-8(12)6-4-10-5-6/h6-7,10H,2-5H2,1H3,(H,11,12)(H,13,14). The van der Waals surface area contributed by atoms with Crippen LogP contribution >= 0.6 is 11.8 Å². The predicted octanol–water partition coefficient (Wildman–Crippen LogP) is -0.472. The largest absolute Gasteiger partial charge is 0.480 e. The average Bonchev–Trinajstić information content (AvgIpc) is 2.08. The molecule has 0 aromatic rings. The van der Waals surface area contributed by atoms with Gasteiger partial charge in [0.1, 0.15) is 6.04 Å². The van der Waals surface area contributed by atoms with E-state index in [9.17, 15) is 9.59 Å². The van der Waals surface area contributed by atoms with Gasteiger partial charge in [-0.1, -0.05) is 0 Å². The number of rotatable bonds is 6. The first-order valence-corrected chi connectivity index (χ1v) is 6.27. The van der Waals surface area contributed by atoms with E-state index in [-0.39, 0.29) is 11.8 Å². The van der Waals surface area contributed by atoms with Gasteiger partial charge in [-0.25, -0.2) is 4.79 Å². The van der Waals surface area contributed by atoms with Crippen molar-refractivity contribution in [2.24, 2.45) is 5.92 Å². The Bertz CT molecular complexity index is 244. The Morgan fingerprint density at radius 3 is 2.67 bits per heavy atom. The normalized spacial score (nSPS) is 17.9. The Morgan fingerprint density at radius 2 is 2.27 bits per heavy atom. The second kappa shape index (κ2) is 5.97. The fraction of sp³-hybridized carbons (Fsp3) is 0.778. The zero-order valence-corrected chi connectivity index (χ0v) is 9.47. The van der Waals surface area contributed by atoms with Crippen LogP contribution in [0.25, 0.3) is 0 Å². The molecule has 1 atom stereocenters. The smallest absolute Gasteiger partial charge is 0.326 e. The monoisotopic (exact) mass is 232 g/mol. The third-order valence-electron chi connectivity index (χ3n) is 2.38. The lowest BCUT2D eigenvalue weighted by molar-refractivity contribution is -0.142. The summed E-state index contributed by atoms with van der Waals surface area (Å²) in [5.74, 6) is -0.423. The second-order valence-electron chi connectivity index (χ2n) is 3.54. The van der Waals surface area contributed by atoms with Gasteiger partial charge in [0.2, 0.25) is 5.91 Å². The molecule has 0 radical (unpaired) electrons. The third-order valence-corrected chi connectivity index (χ3v) is 3.02. The van der Waals surface area contributed by atoms with E-state index >= 15 is 0 Å². The SMILES string of the molecule is CSCCC(NC(=O)C1CNC1)C(=O)O. The molecule has 6 heteroatoms. The van der Waals surface area contributed by atoms with E-state index in [1.54, 1.807) is 11.8 Å². The Hall–Kier alpha value is -0.750. The summed E-state index contributed by atoms with van der Waals surface area (Å²) in [5, 5.41) is 14.4. The maximum Gasteiger partial charge on any atom is 0.326 e. The zero-order chi connectivity index (χ0) is 11.3. The summed E-state index contributed by atoms with van der Waals surface area (Å²) < 4.78 is 0. The van der Waals surface area contributed by atoms with E-state index in [0.29, 0.717) is 19.5 Å². The zero-order valence-electron chi connectivity index (χ0n) is 8.66. The first-order chi connectivity index (χ1) is 7.15. The number of nitrogens with one attached hydrogen (secondary N) is 2. The van der Waals surface area contributed by atoms with E-state index in [1.807, 2.05) is 6.26 Å². The summed E-state index contributed by atoms with van der Waals surface area (Å²) in [7, 11) is 0. The van der Waals surface area contributed by atoms with Crippen molar-refractivity contribution < 1.29 is 14.7 Å². The first-order valence-electron chi connectivity index (χ1n) is 4.88. The van der Waals surface area contributed by atoms with Gasteiger partial charge in [0, 0.05) is 13.1 Å². The predicted molar refractivity (Wildman–Crippen MR) is 58.9 cm³/mol. The molecule has 1 unspecified atom stereocenters. The molecular formula is C9H16N2O3S. The molecule has 1 aliphatic rings. The molecule has 1 amide bonds. The highest BCUT2D eigenvalue weighted by Crippen LogP contribution is 2.06. The Kier molecular flexibility index (Phi) is 4.90. The second-order valence-corrected chi connectivity index (χ2v) is 4.52. The highest BCUT2D eigenvalue weighted by atomic mass is 32.2. The van der Waals surface area contributed by atoms with Crippen LogP contribution in [0.5, 0.6) is 0 Å². The maximum absolute atomic E-state index is 11.5. The van der Waals surface area contributed by atoms with E-state index < -0.39 is 12.0 Å². The Morgan fingerprint density at radius 1 is 1.60 bits per heavy atom. The highest BCUT2D eigenvalue weighted by Gasteiger charge is 2.28. The van der Waals surface area contributed by atoms with Crippen LogP contribution in [0, 0.1) is 5.92 Å². The number of amides is 1. The topological polar surface area (TPSA) is 78.4 Å². The van der Waals surface area contributed by atoms with Crippen molar-refractivity contribution in [2.45, 2.75) is 12.5 Å². The Labute approximate surface area is 93.0 Å². The van der Waals surface area contributed by atoms with E-state index in [1.165, 1.54) is 0 Å². The van der Waals surface area contributed by atoms with Crippen LogP contribution in [0.2, 0.25) is 0 Å². The summed E-state index contributed by atoms with van der Waals surface area (Å²) in [5.41, 5.74) is 0. The van der Waals surface area contributed by atoms with Crippen molar-refractivity contribution in [3.63, 3.8) is 0 Å². The van der Waals surface area contributed by atoms with Crippen molar-refractivity contribution in [3.05, 3.63) is 0 Å². The quantitative estimate of drug-likeness (QED) is 0.577. The van der Waals surface area contributed by atoms with Crippen molar-refractivity contribution in [1.82, 2.24) is 10.6 Å². The summed E-state index contributed by atoms with van der Waals surface area (Å²) in [6.45, 7) is 1.31. The minimum Gasteiger partial charge on any atom is -0.480 e. The molecule has 1 fully saturated rings. The van der Waals surface area contributed by atoms with E-state index in [4.69, 9.17) is 5.11 Å². The fourth-order valence-electron chi connectivity index (χ4n) is 1.26. The fourth-order valence-corrected chi connectivity index (χ4v) is 1.73. The number of carboxylic acid groups (broad SMARTS) is 1. The van der Waals surface area contributed by atoms with Gasteiger partial charge in [-0.05, 0) is 18.4 Å². The van der Waals surface area contributed by atoms with Crippen LogP contribution in [-0.2, 0) is 9.59 Å². The van der Waals surface area contributed by atoms with Crippen LogP contribution in [0.1, 0.15) is 6.42 Å². The van der Waals surface area contributed by atoms with Gasteiger partial charge < -0.3 is 15.7 Å². The number of hydrogen-bond acceptors (Lipinski definition) is 4. The molecule has 0 aromatic heterocycles. The highest BCUT2D eigenvalue weighted by molar-refractivity contribution is 7.98. The molecule has 0 aromatic carbocycles. The molecule has 5 nitrogen and oxygen atoms in total. The van der Waals surface area contributed by atoms with Gasteiger partial charge in [-0.3, -0.25) is 4.79 Å². The summed E-state index contributed by atoms with van der Waals surface area (Å²) >= 11 is 1.58. The van der Waals surface area contributed by atoms with Gasteiger partial charge in [0.15, 0.2) is 0 Å². The van der Waals surface area contributed by atoms with Crippen LogP contribution < -0.4 is 10.6 Å². The summed E-state index contributed by atoms with van der Waals surface area (Å²) in [6, 6.07) is -0.745. The molecule has 1 saturated heterocycles. The molecular weight excluding hydrogens is 216 g/mol. The molecule has 3 N–H and O–H groups in total. The van der Waals surface area contributed by atoms with Gasteiger partial charge in [-0.15, -0.1) is 0 Å². The molecule has 1 rings (SSSR count). The molecule has 0 spiro atoms. The molecule has 86 valence electrons. The van der Waals surface area contributed by atoms with Gasteiger partial charge in [-0.2, -0.15) is 11.8 Å². The number of thioether (sulfide) groups is 1. The van der Waals surface area contributed by atoms with Gasteiger partial charge >= 0.3 is 5.97 Å². The summed E-state index contributed by atoms with van der Waals surface area (Å²) in [4.78, 5) is 22.3. The summed E-state index contributed by atoms with van der Waals surface area (Å²) in [6.07, 6.45) is 2.39. The van der Waals surface area contributed by atoms with Crippen molar-refractivity contribution in [2.75, 3.05) is 25.1 Å². The van der Waals surface area contributed by atoms with Crippen LogP contribution in [-0.4, -0.2) is 48.1 Å². The van der Waals surface area contributed by atoms with Crippen molar-refractivity contribution in [3.8, 4) is 0 Å². The Balaban J connectivity index is 2.35. The lowest BCUT2D eigenvalue weighted by Crippen LogP contribution is -2.54. The molecule has 0 saturated carbocycles. The van der Waals surface area contributed by atoms with E-state index in [2.05, 4.69) is 10.6 Å². The minimum absolute atomic E-state index is 0.0545. The van der Waals surface area contributed by atoms with Crippen LogP contribution in [0.15, 0.2) is 0 Å². The third kappa shape index (κ3) is 3.71. The van der Waals surface area contributed by atoms with E-state index in [0.717, 1.165) is 5.75 Å². The number of carbonyl (C=O) groups is 2. The molecule has 1 aliphatic heterocycles. The molecule has 0 bridgehead atoms. The van der Waals surface area contributed by atoms with Crippen molar-refractivity contribution >= 4 is 23.6 Å². The van der Waals surface area contributed by atoms with Crippen LogP contribution in [0.4, 0.5) is 0 Å². The average molecular weight is 232 g/mol. The number of aliphatic carboxylic acids is 1. The molecule has 15 heavy (non-hydrogen) atoms.